The molecule has 3 aromatic rings. The summed E-state index contributed by atoms with van der Waals surface area (Å²) in [5.74, 6) is -2.29. The van der Waals surface area contributed by atoms with Gasteiger partial charge in [0.05, 0.1) is 17.5 Å². The Morgan fingerprint density at radius 2 is 1.79 bits per heavy atom. The number of aromatic amines is 1. The van der Waals surface area contributed by atoms with E-state index in [0.29, 0.717) is 5.56 Å². The number of nitrogens with zero attached hydrogens (tertiary/aromatic N) is 1. The molecule has 0 saturated heterocycles. The zero-order chi connectivity index (χ0) is 20.4. The summed E-state index contributed by atoms with van der Waals surface area (Å²) < 4.78 is 27.7. The molecular formula is C21H21F2N3O2. The van der Waals surface area contributed by atoms with Crippen LogP contribution >= 0.6 is 0 Å². The molecule has 0 bridgehead atoms. The Kier molecular flexibility index (Phi) is 5.44. The van der Waals surface area contributed by atoms with Crippen LogP contribution in [-0.4, -0.2) is 23.0 Å². The maximum atomic E-state index is 14.1. The average Bonchev–Trinajstić information content (AvgIpc) is 2.70. The fraction of sp³-hybridized carbons (Fsp3) is 0.238. The van der Waals surface area contributed by atoms with E-state index in [1.807, 2.05) is 37.3 Å². The summed E-state index contributed by atoms with van der Waals surface area (Å²) in [6, 6.07) is 10.8. The van der Waals surface area contributed by atoms with Gasteiger partial charge in [-0.25, -0.2) is 13.6 Å². The Labute approximate surface area is 161 Å². The summed E-state index contributed by atoms with van der Waals surface area (Å²) in [6.45, 7) is 3.63. The molecule has 146 valence electrons. The molecule has 2 atom stereocenters. The van der Waals surface area contributed by atoms with Crippen LogP contribution in [0.3, 0.4) is 0 Å². The van der Waals surface area contributed by atoms with E-state index in [4.69, 9.17) is 0 Å². The molecule has 0 aliphatic carbocycles. The van der Waals surface area contributed by atoms with E-state index in [0.717, 1.165) is 11.6 Å². The molecule has 1 aromatic heterocycles. The largest absolute Gasteiger partial charge is 0.331 e. The topological polar surface area (TPSA) is 65.2 Å². The molecule has 0 aliphatic rings. The highest BCUT2D eigenvalue weighted by Gasteiger charge is 2.23. The summed E-state index contributed by atoms with van der Waals surface area (Å²) in [5.41, 5.74) is 0.759. The van der Waals surface area contributed by atoms with Crippen molar-refractivity contribution in [3.8, 4) is 0 Å². The minimum absolute atomic E-state index is 0.206. The first kappa shape index (κ1) is 19.5. The molecule has 5 nitrogen and oxygen atoms in total. The van der Waals surface area contributed by atoms with Gasteiger partial charge in [0, 0.05) is 13.2 Å². The van der Waals surface area contributed by atoms with Gasteiger partial charge in [-0.05, 0) is 36.4 Å². The maximum Gasteiger partial charge on any atom is 0.318 e. The molecule has 2 aromatic carbocycles. The number of carbonyl (C=O) groups excluding carboxylic acids is 1. The van der Waals surface area contributed by atoms with E-state index < -0.39 is 23.2 Å². The quantitative estimate of drug-likeness (QED) is 0.704. The Morgan fingerprint density at radius 1 is 1.11 bits per heavy atom. The van der Waals surface area contributed by atoms with Crippen molar-refractivity contribution in [3.05, 3.63) is 81.8 Å². The third kappa shape index (κ3) is 3.60. The van der Waals surface area contributed by atoms with Gasteiger partial charge in [-0.3, -0.25) is 4.79 Å². The van der Waals surface area contributed by atoms with Crippen LogP contribution < -0.4 is 10.9 Å². The minimum atomic E-state index is -1.20. The second-order valence-corrected chi connectivity index (χ2v) is 6.73. The average molecular weight is 385 g/mol. The van der Waals surface area contributed by atoms with Gasteiger partial charge in [0.25, 0.3) is 5.56 Å². The van der Waals surface area contributed by atoms with Crippen molar-refractivity contribution in [1.29, 1.82) is 0 Å². The first-order valence-electron chi connectivity index (χ1n) is 8.88. The number of carbonyl (C=O) groups is 1. The fourth-order valence-corrected chi connectivity index (χ4v) is 3.15. The molecule has 0 saturated carbocycles. The van der Waals surface area contributed by atoms with Gasteiger partial charge in [-0.1, -0.05) is 36.4 Å². The normalized spacial score (nSPS) is 13.2. The summed E-state index contributed by atoms with van der Waals surface area (Å²) in [5, 5.41) is 2.83. The lowest BCUT2D eigenvalue weighted by atomic mass is 10.0. The van der Waals surface area contributed by atoms with E-state index in [-0.39, 0.29) is 22.8 Å². The van der Waals surface area contributed by atoms with Crippen LogP contribution in [0.4, 0.5) is 13.6 Å². The van der Waals surface area contributed by atoms with Crippen molar-refractivity contribution < 1.29 is 13.6 Å². The van der Waals surface area contributed by atoms with Crippen molar-refractivity contribution in [3.63, 3.8) is 0 Å². The molecule has 0 fully saturated rings. The van der Waals surface area contributed by atoms with Gasteiger partial charge in [0.1, 0.15) is 0 Å². The number of hydrogen-bond donors (Lipinski definition) is 2. The second kappa shape index (κ2) is 7.80. The standard InChI is InChI=1S/C21H21F2N3O2/c1-12(14-7-5-4-6-8-14)25-21(28)26(3)13(2)16-11-24-20(27)18-15(16)9-10-17(22)19(18)23/h4-13H,1-3H3,(H,24,27)(H,25,28)/t12-,13?/m0/s1. The van der Waals surface area contributed by atoms with E-state index in [9.17, 15) is 18.4 Å². The molecule has 2 amide bonds. The smallest absolute Gasteiger partial charge is 0.318 e. The fourth-order valence-electron chi connectivity index (χ4n) is 3.15. The summed E-state index contributed by atoms with van der Waals surface area (Å²) in [4.78, 5) is 28.5. The number of fused-ring (bicyclic) bond motifs is 1. The number of nitrogens with one attached hydrogen (secondary N) is 2. The number of rotatable bonds is 4. The van der Waals surface area contributed by atoms with E-state index in [1.165, 1.54) is 17.2 Å². The molecule has 2 N–H and O–H groups in total. The van der Waals surface area contributed by atoms with E-state index in [1.54, 1.807) is 14.0 Å². The van der Waals surface area contributed by atoms with Crippen LogP contribution in [-0.2, 0) is 0 Å². The van der Waals surface area contributed by atoms with Crippen LogP contribution in [0.25, 0.3) is 10.8 Å². The van der Waals surface area contributed by atoms with Crippen molar-refractivity contribution in [1.82, 2.24) is 15.2 Å². The molecule has 3 rings (SSSR count). The van der Waals surface area contributed by atoms with Crippen LogP contribution in [0, 0.1) is 11.6 Å². The summed E-state index contributed by atoms with van der Waals surface area (Å²) in [6.07, 6.45) is 1.43. The van der Waals surface area contributed by atoms with E-state index >= 15 is 0 Å². The number of hydrogen-bond acceptors (Lipinski definition) is 2. The highest BCUT2D eigenvalue weighted by atomic mass is 19.2. The van der Waals surface area contributed by atoms with Crippen LogP contribution in [0.5, 0.6) is 0 Å². The molecule has 28 heavy (non-hydrogen) atoms. The van der Waals surface area contributed by atoms with E-state index in [2.05, 4.69) is 10.3 Å². The molecule has 7 heteroatoms. The lowest BCUT2D eigenvalue weighted by Crippen LogP contribution is -2.40. The van der Waals surface area contributed by atoms with Crippen LogP contribution in [0.1, 0.15) is 37.1 Å². The summed E-state index contributed by atoms with van der Waals surface area (Å²) in [7, 11) is 1.61. The zero-order valence-electron chi connectivity index (χ0n) is 15.8. The van der Waals surface area contributed by atoms with Gasteiger partial charge in [-0.15, -0.1) is 0 Å². The molecule has 1 unspecified atom stereocenters. The number of urea groups is 1. The number of benzene rings is 2. The summed E-state index contributed by atoms with van der Waals surface area (Å²) >= 11 is 0. The molecular weight excluding hydrogens is 364 g/mol. The highest BCUT2D eigenvalue weighted by Crippen LogP contribution is 2.27. The first-order valence-corrected chi connectivity index (χ1v) is 8.88. The van der Waals surface area contributed by atoms with Crippen LogP contribution in [0.15, 0.2) is 53.5 Å². The Hall–Kier alpha value is -3.22. The molecule has 0 spiro atoms. The van der Waals surface area contributed by atoms with Gasteiger partial charge < -0.3 is 15.2 Å². The Bertz CT molecular complexity index is 1070. The van der Waals surface area contributed by atoms with Gasteiger partial charge in [0.15, 0.2) is 11.6 Å². The first-order chi connectivity index (χ1) is 13.3. The number of pyridine rings is 1. The Balaban J connectivity index is 1.88. The predicted molar refractivity (Wildman–Crippen MR) is 104 cm³/mol. The number of halogens is 2. The maximum absolute atomic E-state index is 14.1. The molecule has 0 radical (unpaired) electrons. The molecule has 0 aliphatic heterocycles. The predicted octanol–water partition coefficient (Wildman–Crippen LogP) is 4.27. The zero-order valence-corrected chi connectivity index (χ0v) is 15.8. The van der Waals surface area contributed by atoms with Gasteiger partial charge in [0.2, 0.25) is 0 Å². The van der Waals surface area contributed by atoms with Gasteiger partial charge >= 0.3 is 6.03 Å². The van der Waals surface area contributed by atoms with Crippen molar-refractivity contribution in [2.24, 2.45) is 0 Å². The lowest BCUT2D eigenvalue weighted by molar-refractivity contribution is 0.191. The number of amides is 2. The second-order valence-electron chi connectivity index (χ2n) is 6.73. The number of H-pyrrole nitrogens is 1. The SMILES string of the molecule is CC(c1c[nH]c(=O)c2c(F)c(F)ccc12)N(C)C(=O)N[C@@H](C)c1ccccc1. The third-order valence-electron chi connectivity index (χ3n) is 4.98. The Morgan fingerprint density at radius 3 is 2.46 bits per heavy atom. The highest BCUT2D eigenvalue weighted by molar-refractivity contribution is 5.86. The van der Waals surface area contributed by atoms with Crippen molar-refractivity contribution in [2.45, 2.75) is 25.9 Å². The minimum Gasteiger partial charge on any atom is -0.331 e. The third-order valence-corrected chi connectivity index (χ3v) is 4.98. The lowest BCUT2D eigenvalue weighted by Gasteiger charge is -2.28. The molecule has 1 heterocycles. The van der Waals surface area contributed by atoms with Crippen LogP contribution in [0.2, 0.25) is 0 Å². The number of aromatic nitrogens is 1. The van der Waals surface area contributed by atoms with Crippen molar-refractivity contribution in [2.75, 3.05) is 7.05 Å². The van der Waals surface area contributed by atoms with Crippen molar-refractivity contribution >= 4 is 16.8 Å². The van der Waals surface area contributed by atoms with Gasteiger partial charge in [-0.2, -0.15) is 0 Å². The monoisotopic (exact) mass is 385 g/mol.